The number of amides is 1. The number of hydrogen-bond acceptors (Lipinski definition) is 3. The summed E-state index contributed by atoms with van der Waals surface area (Å²) in [6.07, 6.45) is 4.69. The number of halogens is 1. The molecule has 2 heterocycles. The van der Waals surface area contributed by atoms with Crippen molar-refractivity contribution in [3.8, 4) is 0 Å². The van der Waals surface area contributed by atoms with Crippen LogP contribution in [0.15, 0.2) is 18.3 Å². The molecule has 0 aliphatic carbocycles. The van der Waals surface area contributed by atoms with E-state index in [0.717, 1.165) is 38.4 Å². The Morgan fingerprint density at radius 3 is 3.00 bits per heavy atom. The third-order valence-corrected chi connectivity index (χ3v) is 3.32. The molecule has 18 heavy (non-hydrogen) atoms. The van der Waals surface area contributed by atoms with Gasteiger partial charge in [-0.25, -0.2) is 9.37 Å². The Labute approximate surface area is 106 Å². The molecule has 1 aromatic rings. The normalized spacial score (nSPS) is 23.0. The molecule has 1 aromatic heterocycles. The van der Waals surface area contributed by atoms with Gasteiger partial charge in [0.2, 0.25) is 5.91 Å². The summed E-state index contributed by atoms with van der Waals surface area (Å²) < 4.78 is 12.7. The summed E-state index contributed by atoms with van der Waals surface area (Å²) in [5, 5.41) is 6.05. The second-order valence-electron chi connectivity index (χ2n) is 4.68. The zero-order chi connectivity index (χ0) is 13.0. The first kappa shape index (κ1) is 13.0. The van der Waals surface area contributed by atoms with E-state index >= 15 is 0 Å². The van der Waals surface area contributed by atoms with Crippen LogP contribution in [0, 0.1) is 5.82 Å². The van der Waals surface area contributed by atoms with Gasteiger partial charge in [0.05, 0.1) is 11.7 Å². The first-order valence-electron chi connectivity index (χ1n) is 6.34. The van der Waals surface area contributed by atoms with E-state index in [-0.39, 0.29) is 5.91 Å². The van der Waals surface area contributed by atoms with Gasteiger partial charge in [0.15, 0.2) is 0 Å². The van der Waals surface area contributed by atoms with Crippen LogP contribution in [0.25, 0.3) is 0 Å². The molecule has 98 valence electrons. The van der Waals surface area contributed by atoms with Crippen LogP contribution in [-0.2, 0) is 4.79 Å². The highest BCUT2D eigenvalue weighted by Crippen LogP contribution is 2.26. The van der Waals surface area contributed by atoms with Crippen molar-refractivity contribution in [1.29, 1.82) is 0 Å². The highest BCUT2D eigenvalue weighted by Gasteiger charge is 2.39. The summed E-state index contributed by atoms with van der Waals surface area (Å²) in [5.74, 6) is -0.0817. The smallest absolute Gasteiger partial charge is 0.245 e. The van der Waals surface area contributed by atoms with Gasteiger partial charge in [-0.3, -0.25) is 4.79 Å². The molecule has 1 saturated heterocycles. The van der Waals surface area contributed by atoms with E-state index in [1.165, 1.54) is 12.1 Å². The van der Waals surface area contributed by atoms with Crippen molar-refractivity contribution in [2.45, 2.75) is 38.1 Å². The molecule has 1 aliphatic heterocycles. The van der Waals surface area contributed by atoms with Crippen molar-refractivity contribution in [2.75, 3.05) is 11.9 Å². The Balaban J connectivity index is 2.07. The van der Waals surface area contributed by atoms with Gasteiger partial charge in [0, 0.05) is 0 Å². The number of carbonyl (C=O) groups excluding carboxylic acids is 1. The number of pyridine rings is 1. The zero-order valence-corrected chi connectivity index (χ0v) is 10.5. The van der Waals surface area contributed by atoms with Crippen molar-refractivity contribution in [2.24, 2.45) is 0 Å². The molecule has 1 atom stereocenters. The fraction of sp³-hybridized carbons (Fsp3) is 0.538. The maximum atomic E-state index is 12.7. The number of carbonyl (C=O) groups is 1. The van der Waals surface area contributed by atoms with Gasteiger partial charge in [-0.05, 0) is 37.9 Å². The maximum absolute atomic E-state index is 12.7. The number of anilines is 1. The van der Waals surface area contributed by atoms with Crippen LogP contribution < -0.4 is 10.6 Å². The first-order chi connectivity index (χ1) is 8.66. The van der Waals surface area contributed by atoms with E-state index in [1.807, 2.05) is 0 Å². The van der Waals surface area contributed by atoms with Crippen molar-refractivity contribution < 1.29 is 9.18 Å². The van der Waals surface area contributed by atoms with Crippen molar-refractivity contribution >= 4 is 11.7 Å². The van der Waals surface area contributed by atoms with Gasteiger partial charge in [-0.1, -0.05) is 13.3 Å². The minimum atomic E-state index is -0.481. The second kappa shape index (κ2) is 5.44. The molecule has 0 radical (unpaired) electrons. The lowest BCUT2D eigenvalue weighted by molar-refractivity contribution is -0.122. The van der Waals surface area contributed by atoms with Crippen LogP contribution in [0.2, 0.25) is 0 Å². The van der Waals surface area contributed by atoms with Gasteiger partial charge in [-0.2, -0.15) is 0 Å². The van der Waals surface area contributed by atoms with Gasteiger partial charge in [0.25, 0.3) is 0 Å². The average Bonchev–Trinajstić information content (AvgIpc) is 2.82. The Hall–Kier alpha value is -1.49. The standard InChI is InChI=1S/C13H18FN3O/c1-2-6-13(7-3-8-16-13)12(18)17-11-5-4-10(14)9-15-11/h4-5,9,16H,2-3,6-8H2,1H3,(H,15,17,18). The van der Waals surface area contributed by atoms with Gasteiger partial charge >= 0.3 is 0 Å². The summed E-state index contributed by atoms with van der Waals surface area (Å²) in [6.45, 7) is 2.93. The predicted molar refractivity (Wildman–Crippen MR) is 67.7 cm³/mol. The lowest BCUT2D eigenvalue weighted by Gasteiger charge is -2.27. The molecule has 1 unspecified atom stereocenters. The van der Waals surface area contributed by atoms with E-state index < -0.39 is 11.4 Å². The van der Waals surface area contributed by atoms with E-state index in [0.29, 0.717) is 5.82 Å². The van der Waals surface area contributed by atoms with Crippen LogP contribution in [-0.4, -0.2) is 23.0 Å². The van der Waals surface area contributed by atoms with Crippen molar-refractivity contribution in [3.63, 3.8) is 0 Å². The topological polar surface area (TPSA) is 54.0 Å². The van der Waals surface area contributed by atoms with E-state index in [1.54, 1.807) is 0 Å². The number of nitrogens with one attached hydrogen (secondary N) is 2. The van der Waals surface area contributed by atoms with Crippen molar-refractivity contribution in [1.82, 2.24) is 10.3 Å². The summed E-state index contributed by atoms with van der Waals surface area (Å²) in [7, 11) is 0. The van der Waals surface area contributed by atoms with E-state index in [2.05, 4.69) is 22.5 Å². The van der Waals surface area contributed by atoms with Crippen molar-refractivity contribution in [3.05, 3.63) is 24.1 Å². The lowest BCUT2D eigenvalue weighted by atomic mass is 9.91. The molecule has 2 N–H and O–H groups in total. The predicted octanol–water partition coefficient (Wildman–Crippen LogP) is 2.08. The molecule has 5 heteroatoms. The summed E-state index contributed by atoms with van der Waals surface area (Å²) >= 11 is 0. The molecule has 0 saturated carbocycles. The Bertz CT molecular complexity index is 413. The minimum Gasteiger partial charge on any atom is -0.309 e. The highest BCUT2D eigenvalue weighted by molar-refractivity contribution is 5.97. The van der Waals surface area contributed by atoms with Crippen LogP contribution in [0.4, 0.5) is 10.2 Å². The molecule has 1 fully saturated rings. The van der Waals surface area contributed by atoms with Gasteiger partial charge in [0.1, 0.15) is 11.6 Å². The van der Waals surface area contributed by atoms with Crippen LogP contribution in [0.5, 0.6) is 0 Å². The summed E-state index contributed by atoms with van der Waals surface area (Å²) in [4.78, 5) is 16.2. The van der Waals surface area contributed by atoms with Crippen LogP contribution >= 0.6 is 0 Å². The van der Waals surface area contributed by atoms with Gasteiger partial charge in [-0.15, -0.1) is 0 Å². The Morgan fingerprint density at radius 2 is 2.44 bits per heavy atom. The number of hydrogen-bond donors (Lipinski definition) is 2. The molecular formula is C13H18FN3O. The number of aromatic nitrogens is 1. The third kappa shape index (κ3) is 2.67. The fourth-order valence-corrected chi connectivity index (χ4v) is 2.44. The number of nitrogens with zero attached hydrogens (tertiary/aromatic N) is 1. The van der Waals surface area contributed by atoms with Gasteiger partial charge < -0.3 is 10.6 Å². The zero-order valence-electron chi connectivity index (χ0n) is 10.5. The SMILES string of the molecule is CCCC1(C(=O)Nc2ccc(F)cn2)CCCN1. The first-order valence-corrected chi connectivity index (χ1v) is 6.34. The Morgan fingerprint density at radius 1 is 1.61 bits per heavy atom. The summed E-state index contributed by atoms with van der Waals surface area (Å²) in [6, 6.07) is 2.76. The molecule has 0 bridgehead atoms. The Kier molecular flexibility index (Phi) is 3.91. The molecule has 0 spiro atoms. The molecule has 4 nitrogen and oxygen atoms in total. The minimum absolute atomic E-state index is 0.0686. The highest BCUT2D eigenvalue weighted by atomic mass is 19.1. The molecule has 1 aliphatic rings. The lowest BCUT2D eigenvalue weighted by Crippen LogP contribution is -2.50. The largest absolute Gasteiger partial charge is 0.309 e. The third-order valence-electron chi connectivity index (χ3n) is 3.32. The van der Waals surface area contributed by atoms with E-state index in [9.17, 15) is 9.18 Å². The second-order valence-corrected chi connectivity index (χ2v) is 4.68. The molecule has 2 rings (SSSR count). The van der Waals surface area contributed by atoms with E-state index in [4.69, 9.17) is 0 Å². The summed E-state index contributed by atoms with van der Waals surface area (Å²) in [5.41, 5.74) is -0.481. The molecule has 1 amide bonds. The van der Waals surface area contributed by atoms with Crippen LogP contribution in [0.1, 0.15) is 32.6 Å². The number of rotatable bonds is 4. The van der Waals surface area contributed by atoms with Crippen LogP contribution in [0.3, 0.4) is 0 Å². The quantitative estimate of drug-likeness (QED) is 0.861. The fourth-order valence-electron chi connectivity index (χ4n) is 2.44. The monoisotopic (exact) mass is 251 g/mol. The average molecular weight is 251 g/mol. The maximum Gasteiger partial charge on any atom is 0.245 e. The molecule has 0 aromatic carbocycles. The molecular weight excluding hydrogens is 233 g/mol.